The van der Waals surface area contributed by atoms with Crippen molar-refractivity contribution in [2.24, 2.45) is 0 Å². The molecular weight excluding hydrogens is 322 g/mol. The number of halogens is 1. The number of aromatic nitrogens is 4. The van der Waals surface area contributed by atoms with Crippen molar-refractivity contribution in [1.29, 1.82) is 0 Å². The van der Waals surface area contributed by atoms with Gasteiger partial charge in [0.2, 0.25) is 5.82 Å². The molecule has 6 heteroatoms. The zero-order valence-corrected chi connectivity index (χ0v) is 14.8. The molecule has 0 saturated heterocycles. The molecule has 0 bridgehead atoms. The molecule has 1 atom stereocenters. The second kappa shape index (κ2) is 7.55. The molecule has 0 aliphatic rings. The van der Waals surface area contributed by atoms with Crippen LogP contribution in [0, 0.1) is 0 Å². The lowest BCUT2D eigenvalue weighted by molar-refractivity contribution is 0.391. The standard InChI is InChI=1S/C18H21N5.ClH/c1-18(2,3)19-16(13-8-5-4-6-9-13)14-10-7-11-15(12-14)17-20-22-23-21-17;/h4-12,16,19H,1-3H3,(H,20,21,22,23);1H. The van der Waals surface area contributed by atoms with Crippen molar-refractivity contribution < 1.29 is 0 Å². The van der Waals surface area contributed by atoms with Crippen LogP contribution in [0.5, 0.6) is 0 Å². The number of hydrogen-bond acceptors (Lipinski definition) is 4. The van der Waals surface area contributed by atoms with Crippen LogP contribution in [-0.4, -0.2) is 26.2 Å². The van der Waals surface area contributed by atoms with Crippen molar-refractivity contribution in [3.63, 3.8) is 0 Å². The number of H-pyrrole nitrogens is 1. The molecular formula is C18H22ClN5. The summed E-state index contributed by atoms with van der Waals surface area (Å²) >= 11 is 0. The predicted molar refractivity (Wildman–Crippen MR) is 98.0 cm³/mol. The summed E-state index contributed by atoms with van der Waals surface area (Å²) in [4.78, 5) is 0. The molecule has 0 radical (unpaired) electrons. The molecule has 1 aromatic heterocycles. The van der Waals surface area contributed by atoms with Crippen molar-refractivity contribution in [2.45, 2.75) is 32.4 Å². The lowest BCUT2D eigenvalue weighted by atomic mass is 9.94. The Morgan fingerprint density at radius 2 is 1.67 bits per heavy atom. The smallest absolute Gasteiger partial charge is 0.204 e. The number of benzene rings is 2. The van der Waals surface area contributed by atoms with Crippen LogP contribution in [0.2, 0.25) is 0 Å². The van der Waals surface area contributed by atoms with Crippen molar-refractivity contribution in [2.75, 3.05) is 0 Å². The van der Waals surface area contributed by atoms with Gasteiger partial charge in [0, 0.05) is 11.1 Å². The summed E-state index contributed by atoms with van der Waals surface area (Å²) in [5, 5.41) is 18.0. The third-order valence-electron chi connectivity index (χ3n) is 3.53. The summed E-state index contributed by atoms with van der Waals surface area (Å²) in [5.41, 5.74) is 3.34. The average molecular weight is 344 g/mol. The van der Waals surface area contributed by atoms with Gasteiger partial charge in [0.15, 0.2) is 0 Å². The van der Waals surface area contributed by atoms with Gasteiger partial charge in [0.05, 0.1) is 6.04 Å². The fourth-order valence-corrected chi connectivity index (χ4v) is 2.58. The minimum atomic E-state index is -0.0113. The van der Waals surface area contributed by atoms with E-state index in [9.17, 15) is 0 Å². The van der Waals surface area contributed by atoms with E-state index in [1.807, 2.05) is 18.2 Å². The van der Waals surface area contributed by atoms with Crippen LogP contribution in [0.25, 0.3) is 11.4 Å². The van der Waals surface area contributed by atoms with Crippen LogP contribution < -0.4 is 5.32 Å². The fourth-order valence-electron chi connectivity index (χ4n) is 2.58. The third-order valence-corrected chi connectivity index (χ3v) is 3.53. The van der Waals surface area contributed by atoms with Gasteiger partial charge in [-0.2, -0.15) is 5.21 Å². The second-order valence-electron chi connectivity index (χ2n) is 6.60. The monoisotopic (exact) mass is 343 g/mol. The molecule has 3 aromatic rings. The third kappa shape index (κ3) is 4.40. The lowest BCUT2D eigenvalue weighted by Crippen LogP contribution is -2.39. The van der Waals surface area contributed by atoms with Crippen LogP contribution in [0.4, 0.5) is 0 Å². The Hall–Kier alpha value is -2.24. The number of aromatic amines is 1. The van der Waals surface area contributed by atoms with Crippen LogP contribution in [0.3, 0.4) is 0 Å². The van der Waals surface area contributed by atoms with Gasteiger partial charge in [-0.3, -0.25) is 0 Å². The number of tetrazole rings is 1. The lowest BCUT2D eigenvalue weighted by Gasteiger charge is -2.29. The highest BCUT2D eigenvalue weighted by Gasteiger charge is 2.21. The van der Waals surface area contributed by atoms with E-state index in [4.69, 9.17) is 0 Å². The Morgan fingerprint density at radius 1 is 0.958 bits per heavy atom. The largest absolute Gasteiger partial charge is 0.302 e. The van der Waals surface area contributed by atoms with Crippen molar-refractivity contribution in [3.8, 4) is 11.4 Å². The van der Waals surface area contributed by atoms with E-state index in [2.05, 4.69) is 83.1 Å². The molecule has 24 heavy (non-hydrogen) atoms. The molecule has 0 aliphatic heterocycles. The zero-order chi connectivity index (χ0) is 16.3. The van der Waals surface area contributed by atoms with Crippen LogP contribution in [0.15, 0.2) is 54.6 Å². The molecule has 1 heterocycles. The highest BCUT2D eigenvalue weighted by molar-refractivity contribution is 5.85. The van der Waals surface area contributed by atoms with E-state index in [0.717, 1.165) is 5.56 Å². The molecule has 5 nitrogen and oxygen atoms in total. The van der Waals surface area contributed by atoms with Gasteiger partial charge in [0.1, 0.15) is 0 Å². The summed E-state index contributed by atoms with van der Waals surface area (Å²) in [6.45, 7) is 6.52. The first-order valence-corrected chi connectivity index (χ1v) is 7.69. The Balaban J connectivity index is 0.00000208. The number of hydrogen-bond donors (Lipinski definition) is 2. The van der Waals surface area contributed by atoms with Gasteiger partial charge < -0.3 is 5.32 Å². The number of nitrogens with one attached hydrogen (secondary N) is 2. The van der Waals surface area contributed by atoms with E-state index in [1.54, 1.807) is 0 Å². The summed E-state index contributed by atoms with van der Waals surface area (Å²) in [7, 11) is 0. The van der Waals surface area contributed by atoms with Gasteiger partial charge in [-0.25, -0.2) is 0 Å². The Labute approximate surface area is 148 Å². The second-order valence-corrected chi connectivity index (χ2v) is 6.60. The van der Waals surface area contributed by atoms with Crippen molar-refractivity contribution >= 4 is 12.4 Å². The fraction of sp³-hybridized carbons (Fsp3) is 0.278. The van der Waals surface area contributed by atoms with Gasteiger partial charge in [-0.15, -0.1) is 22.6 Å². The molecule has 0 fully saturated rings. The summed E-state index contributed by atoms with van der Waals surface area (Å²) in [6, 6.07) is 18.8. The Bertz CT molecular complexity index is 751. The van der Waals surface area contributed by atoms with Gasteiger partial charge in [-0.1, -0.05) is 48.5 Å². The van der Waals surface area contributed by atoms with Gasteiger partial charge >= 0.3 is 0 Å². The summed E-state index contributed by atoms with van der Waals surface area (Å²) in [6.07, 6.45) is 0. The highest BCUT2D eigenvalue weighted by atomic mass is 35.5. The van der Waals surface area contributed by atoms with E-state index < -0.39 is 0 Å². The van der Waals surface area contributed by atoms with Gasteiger partial charge in [0.25, 0.3) is 0 Å². The minimum absolute atomic E-state index is 0. The summed E-state index contributed by atoms with van der Waals surface area (Å²) < 4.78 is 0. The maximum atomic E-state index is 4.07. The average Bonchev–Trinajstić information content (AvgIpc) is 3.07. The molecule has 0 spiro atoms. The quantitative estimate of drug-likeness (QED) is 0.756. The topological polar surface area (TPSA) is 66.5 Å². The normalized spacial score (nSPS) is 12.5. The van der Waals surface area contributed by atoms with Crippen molar-refractivity contribution in [1.82, 2.24) is 25.9 Å². The maximum Gasteiger partial charge on any atom is 0.204 e. The van der Waals surface area contributed by atoms with E-state index in [-0.39, 0.29) is 24.0 Å². The maximum absolute atomic E-state index is 4.07. The van der Waals surface area contributed by atoms with Crippen molar-refractivity contribution in [3.05, 3.63) is 65.7 Å². The number of rotatable bonds is 4. The Kier molecular flexibility index (Phi) is 5.70. The number of nitrogens with zero attached hydrogens (tertiary/aromatic N) is 3. The summed E-state index contributed by atoms with van der Waals surface area (Å²) in [5.74, 6) is 0.606. The molecule has 2 N–H and O–H groups in total. The molecule has 0 saturated carbocycles. The van der Waals surface area contributed by atoms with Crippen LogP contribution in [0.1, 0.15) is 37.9 Å². The minimum Gasteiger partial charge on any atom is -0.302 e. The molecule has 0 aliphatic carbocycles. The van der Waals surface area contributed by atoms with Gasteiger partial charge in [-0.05, 0) is 43.2 Å². The predicted octanol–water partition coefficient (Wildman–Crippen LogP) is 3.77. The Morgan fingerprint density at radius 3 is 2.29 bits per heavy atom. The molecule has 2 aromatic carbocycles. The highest BCUT2D eigenvalue weighted by Crippen LogP contribution is 2.27. The first-order valence-electron chi connectivity index (χ1n) is 7.69. The molecule has 3 rings (SSSR count). The van der Waals surface area contributed by atoms with Crippen LogP contribution in [-0.2, 0) is 0 Å². The van der Waals surface area contributed by atoms with Crippen LogP contribution >= 0.6 is 12.4 Å². The molecule has 1 unspecified atom stereocenters. The molecule has 0 amide bonds. The molecule has 126 valence electrons. The SMILES string of the molecule is CC(C)(C)NC(c1ccccc1)c1cccc(-c2nn[nH]n2)c1.Cl. The first kappa shape index (κ1) is 18.1. The van der Waals surface area contributed by atoms with E-state index in [0.29, 0.717) is 5.82 Å². The first-order chi connectivity index (χ1) is 11.0. The van der Waals surface area contributed by atoms with E-state index in [1.165, 1.54) is 11.1 Å². The zero-order valence-electron chi connectivity index (χ0n) is 14.0. The van der Waals surface area contributed by atoms with E-state index >= 15 is 0 Å².